The van der Waals surface area contributed by atoms with E-state index in [0.717, 1.165) is 21.3 Å². The predicted molar refractivity (Wildman–Crippen MR) is 79.3 cm³/mol. The van der Waals surface area contributed by atoms with Crippen molar-refractivity contribution < 1.29 is 18.3 Å². The standard InChI is InChI=1S/C15H12F3IO/c16-15(17,18)11-7-5-10(6-8-11)9-14(20)12-3-1-2-4-13(12)19/h1-8,14,20H,9H2. The SMILES string of the molecule is OC(Cc1ccc(C(F)(F)F)cc1)c1ccccc1I. The Balaban J connectivity index is 2.13. The molecule has 1 N–H and O–H groups in total. The van der Waals surface area contributed by atoms with Crippen molar-refractivity contribution in [2.45, 2.75) is 18.7 Å². The molecule has 0 amide bonds. The first-order valence-electron chi connectivity index (χ1n) is 5.96. The molecule has 0 radical (unpaired) electrons. The van der Waals surface area contributed by atoms with E-state index in [1.165, 1.54) is 12.1 Å². The quantitative estimate of drug-likeness (QED) is 0.758. The molecule has 0 fully saturated rings. The number of halogens is 4. The van der Waals surface area contributed by atoms with Crippen molar-refractivity contribution in [3.63, 3.8) is 0 Å². The molecule has 0 spiro atoms. The van der Waals surface area contributed by atoms with E-state index in [-0.39, 0.29) is 6.42 Å². The zero-order valence-corrected chi connectivity index (χ0v) is 12.5. The second-order valence-corrected chi connectivity index (χ2v) is 5.60. The number of hydrogen-bond donors (Lipinski definition) is 1. The molecule has 0 bridgehead atoms. The molecular weight excluding hydrogens is 380 g/mol. The van der Waals surface area contributed by atoms with Gasteiger partial charge in [-0.25, -0.2) is 0 Å². The third-order valence-corrected chi connectivity index (χ3v) is 3.96. The highest BCUT2D eigenvalue weighted by Crippen LogP contribution is 2.30. The summed E-state index contributed by atoms with van der Waals surface area (Å²) < 4.78 is 38.3. The summed E-state index contributed by atoms with van der Waals surface area (Å²) in [5.74, 6) is 0. The fraction of sp³-hybridized carbons (Fsp3) is 0.200. The first-order valence-corrected chi connectivity index (χ1v) is 7.04. The minimum Gasteiger partial charge on any atom is -0.388 e. The van der Waals surface area contributed by atoms with Gasteiger partial charge in [-0.1, -0.05) is 30.3 Å². The van der Waals surface area contributed by atoms with Crippen LogP contribution >= 0.6 is 22.6 Å². The maximum absolute atomic E-state index is 12.4. The van der Waals surface area contributed by atoms with Crippen molar-refractivity contribution in [1.82, 2.24) is 0 Å². The first-order chi connectivity index (χ1) is 9.38. The number of hydrogen-bond acceptors (Lipinski definition) is 1. The predicted octanol–water partition coefficient (Wildman–Crippen LogP) is 4.59. The van der Waals surface area contributed by atoms with Gasteiger partial charge in [0.2, 0.25) is 0 Å². The fourth-order valence-electron chi connectivity index (χ4n) is 1.91. The number of alkyl halides is 3. The maximum Gasteiger partial charge on any atom is 0.416 e. The molecule has 20 heavy (non-hydrogen) atoms. The van der Waals surface area contributed by atoms with Crippen LogP contribution in [0.2, 0.25) is 0 Å². The summed E-state index contributed by atoms with van der Waals surface area (Å²) in [4.78, 5) is 0. The van der Waals surface area contributed by atoms with Gasteiger partial charge in [0.05, 0.1) is 11.7 Å². The third kappa shape index (κ3) is 3.73. The lowest BCUT2D eigenvalue weighted by Gasteiger charge is -2.13. The van der Waals surface area contributed by atoms with Crippen LogP contribution in [0.5, 0.6) is 0 Å². The summed E-state index contributed by atoms with van der Waals surface area (Å²) in [6.07, 6.45) is -4.76. The first kappa shape index (κ1) is 15.3. The second-order valence-electron chi connectivity index (χ2n) is 4.44. The van der Waals surface area contributed by atoms with Gasteiger partial charge in [0.1, 0.15) is 0 Å². The van der Waals surface area contributed by atoms with E-state index >= 15 is 0 Å². The molecule has 0 aromatic heterocycles. The normalized spacial score (nSPS) is 13.2. The molecule has 2 aromatic carbocycles. The number of aliphatic hydroxyl groups excluding tert-OH is 1. The lowest BCUT2D eigenvalue weighted by Crippen LogP contribution is -2.06. The Hall–Kier alpha value is -1.08. The summed E-state index contributed by atoms with van der Waals surface area (Å²) >= 11 is 2.13. The fourth-order valence-corrected chi connectivity index (χ4v) is 2.66. The van der Waals surface area contributed by atoms with Crippen molar-refractivity contribution in [3.05, 3.63) is 68.8 Å². The maximum atomic E-state index is 12.4. The molecule has 106 valence electrons. The Labute approximate surface area is 128 Å². The van der Waals surface area contributed by atoms with Crippen LogP contribution in [0.3, 0.4) is 0 Å². The van der Waals surface area contributed by atoms with Gasteiger partial charge in [-0.05, 0) is 51.9 Å². The van der Waals surface area contributed by atoms with Gasteiger partial charge in [0, 0.05) is 9.99 Å². The largest absolute Gasteiger partial charge is 0.416 e. The van der Waals surface area contributed by atoms with E-state index in [1.807, 2.05) is 24.3 Å². The monoisotopic (exact) mass is 392 g/mol. The van der Waals surface area contributed by atoms with Crippen molar-refractivity contribution in [2.75, 3.05) is 0 Å². The molecule has 2 aromatic rings. The van der Waals surface area contributed by atoms with Crippen LogP contribution < -0.4 is 0 Å². The van der Waals surface area contributed by atoms with E-state index in [4.69, 9.17) is 0 Å². The third-order valence-electron chi connectivity index (χ3n) is 2.97. The molecule has 0 aliphatic rings. The summed E-state index contributed by atoms with van der Waals surface area (Å²) in [7, 11) is 0. The minimum atomic E-state index is -4.33. The van der Waals surface area contributed by atoms with E-state index in [9.17, 15) is 18.3 Å². The Bertz CT molecular complexity index is 578. The van der Waals surface area contributed by atoms with Gasteiger partial charge in [0.25, 0.3) is 0 Å². The summed E-state index contributed by atoms with van der Waals surface area (Å²) in [6, 6.07) is 12.3. The highest BCUT2D eigenvalue weighted by molar-refractivity contribution is 14.1. The van der Waals surface area contributed by atoms with Gasteiger partial charge in [-0.15, -0.1) is 0 Å². The number of benzene rings is 2. The average Bonchev–Trinajstić information content (AvgIpc) is 2.38. The number of aliphatic hydroxyl groups is 1. The number of rotatable bonds is 3. The van der Waals surface area contributed by atoms with Gasteiger partial charge >= 0.3 is 6.18 Å². The second kappa shape index (κ2) is 6.13. The molecule has 2 rings (SSSR count). The zero-order valence-electron chi connectivity index (χ0n) is 10.4. The van der Waals surface area contributed by atoms with Crippen LogP contribution in [0.25, 0.3) is 0 Å². The van der Waals surface area contributed by atoms with E-state index < -0.39 is 17.8 Å². The topological polar surface area (TPSA) is 20.2 Å². The Morgan fingerprint density at radius 3 is 2.15 bits per heavy atom. The minimum absolute atomic E-state index is 0.290. The van der Waals surface area contributed by atoms with Crippen LogP contribution in [0, 0.1) is 3.57 Å². The van der Waals surface area contributed by atoms with Crippen LogP contribution in [-0.2, 0) is 12.6 Å². The van der Waals surface area contributed by atoms with Crippen molar-refractivity contribution in [3.8, 4) is 0 Å². The zero-order chi connectivity index (χ0) is 14.8. The molecule has 0 saturated heterocycles. The van der Waals surface area contributed by atoms with Crippen molar-refractivity contribution in [2.24, 2.45) is 0 Å². The lowest BCUT2D eigenvalue weighted by molar-refractivity contribution is -0.137. The van der Waals surface area contributed by atoms with Gasteiger partial charge < -0.3 is 5.11 Å². The summed E-state index contributed by atoms with van der Waals surface area (Å²) in [5.41, 5.74) is 0.781. The highest BCUT2D eigenvalue weighted by atomic mass is 127. The van der Waals surface area contributed by atoms with E-state index in [1.54, 1.807) is 0 Å². The van der Waals surface area contributed by atoms with E-state index in [0.29, 0.717) is 5.56 Å². The molecular formula is C15H12F3IO. The molecule has 0 heterocycles. The molecule has 0 aliphatic carbocycles. The Morgan fingerprint density at radius 2 is 1.60 bits per heavy atom. The van der Waals surface area contributed by atoms with Gasteiger partial charge in [-0.2, -0.15) is 13.2 Å². The van der Waals surface area contributed by atoms with Crippen molar-refractivity contribution in [1.29, 1.82) is 0 Å². The smallest absolute Gasteiger partial charge is 0.388 e. The van der Waals surface area contributed by atoms with Crippen LogP contribution in [0.4, 0.5) is 13.2 Å². The lowest BCUT2D eigenvalue weighted by atomic mass is 10.0. The molecule has 5 heteroatoms. The van der Waals surface area contributed by atoms with Gasteiger partial charge in [0.15, 0.2) is 0 Å². The van der Waals surface area contributed by atoms with E-state index in [2.05, 4.69) is 22.6 Å². The van der Waals surface area contributed by atoms with Crippen LogP contribution in [-0.4, -0.2) is 5.11 Å². The Morgan fingerprint density at radius 1 is 1.00 bits per heavy atom. The van der Waals surface area contributed by atoms with Crippen molar-refractivity contribution >= 4 is 22.6 Å². The summed E-state index contributed by atoms with van der Waals surface area (Å²) in [6.45, 7) is 0. The van der Waals surface area contributed by atoms with Crippen LogP contribution in [0.1, 0.15) is 22.8 Å². The average molecular weight is 392 g/mol. The molecule has 0 aliphatic heterocycles. The molecule has 1 unspecified atom stereocenters. The van der Waals surface area contributed by atoms with Crippen LogP contribution in [0.15, 0.2) is 48.5 Å². The van der Waals surface area contributed by atoms with Gasteiger partial charge in [-0.3, -0.25) is 0 Å². The summed E-state index contributed by atoms with van der Waals surface area (Å²) in [5, 5.41) is 10.2. The molecule has 1 atom stereocenters. The highest BCUT2D eigenvalue weighted by Gasteiger charge is 2.30. The molecule has 1 nitrogen and oxygen atoms in total. The molecule has 0 saturated carbocycles. The Kier molecular flexibility index (Phi) is 4.70.